The van der Waals surface area contributed by atoms with Crippen LogP contribution >= 0.6 is 23.2 Å². The van der Waals surface area contributed by atoms with E-state index in [2.05, 4.69) is 0 Å². The van der Waals surface area contributed by atoms with E-state index in [9.17, 15) is 4.39 Å². The van der Waals surface area contributed by atoms with Gasteiger partial charge in [-0.15, -0.1) is 0 Å². The summed E-state index contributed by atoms with van der Waals surface area (Å²) < 4.78 is 24.3. The summed E-state index contributed by atoms with van der Waals surface area (Å²) in [4.78, 5) is 0. The summed E-state index contributed by atoms with van der Waals surface area (Å²) in [5.74, 6) is 0.313. The molecule has 0 aliphatic carbocycles. The van der Waals surface area contributed by atoms with Gasteiger partial charge >= 0.3 is 0 Å². The quantitative estimate of drug-likeness (QED) is 0.914. The Morgan fingerprint density at radius 1 is 1.05 bits per heavy atom. The topological polar surface area (TPSA) is 44.5 Å². The van der Waals surface area contributed by atoms with Crippen molar-refractivity contribution in [3.63, 3.8) is 0 Å². The second-order valence-electron chi connectivity index (χ2n) is 4.34. The maximum absolute atomic E-state index is 14.1. The lowest BCUT2D eigenvalue weighted by atomic mass is 9.98. The molecule has 0 aliphatic rings. The van der Waals surface area contributed by atoms with Gasteiger partial charge in [0, 0.05) is 11.1 Å². The van der Waals surface area contributed by atoms with Crippen molar-refractivity contribution in [2.75, 3.05) is 14.2 Å². The van der Waals surface area contributed by atoms with Gasteiger partial charge in [-0.3, -0.25) is 0 Å². The van der Waals surface area contributed by atoms with Crippen LogP contribution in [-0.4, -0.2) is 14.2 Å². The molecule has 0 spiro atoms. The first kappa shape index (κ1) is 15.9. The second-order valence-corrected chi connectivity index (χ2v) is 5.16. The SMILES string of the molecule is COc1cc(Cl)c(C(N)c2c(F)cccc2OC)cc1Cl. The number of benzene rings is 2. The monoisotopic (exact) mass is 329 g/mol. The van der Waals surface area contributed by atoms with Crippen molar-refractivity contribution in [1.29, 1.82) is 0 Å². The lowest BCUT2D eigenvalue weighted by Gasteiger charge is -2.19. The highest BCUT2D eigenvalue weighted by Gasteiger charge is 2.22. The molecule has 2 aromatic rings. The van der Waals surface area contributed by atoms with E-state index in [-0.39, 0.29) is 5.56 Å². The van der Waals surface area contributed by atoms with Gasteiger partial charge in [0.15, 0.2) is 0 Å². The van der Waals surface area contributed by atoms with E-state index >= 15 is 0 Å². The normalized spacial score (nSPS) is 12.1. The zero-order chi connectivity index (χ0) is 15.6. The molecular weight excluding hydrogens is 316 g/mol. The Bertz CT molecular complexity index is 664. The highest BCUT2D eigenvalue weighted by Crippen LogP contribution is 2.38. The van der Waals surface area contributed by atoms with Crippen LogP contribution in [0.1, 0.15) is 17.2 Å². The molecule has 21 heavy (non-hydrogen) atoms. The van der Waals surface area contributed by atoms with Crippen molar-refractivity contribution in [2.24, 2.45) is 5.73 Å². The predicted molar refractivity (Wildman–Crippen MR) is 82.0 cm³/mol. The lowest BCUT2D eigenvalue weighted by Crippen LogP contribution is -2.15. The summed E-state index contributed by atoms with van der Waals surface area (Å²) >= 11 is 12.3. The third-order valence-corrected chi connectivity index (χ3v) is 3.77. The van der Waals surface area contributed by atoms with E-state index in [0.717, 1.165) is 0 Å². The van der Waals surface area contributed by atoms with E-state index in [1.165, 1.54) is 20.3 Å². The van der Waals surface area contributed by atoms with Gasteiger partial charge in [-0.2, -0.15) is 0 Å². The van der Waals surface area contributed by atoms with Crippen molar-refractivity contribution < 1.29 is 13.9 Å². The predicted octanol–water partition coefficient (Wildman–Crippen LogP) is 4.20. The van der Waals surface area contributed by atoms with Crippen LogP contribution in [0.25, 0.3) is 0 Å². The number of hydrogen-bond donors (Lipinski definition) is 1. The van der Waals surface area contributed by atoms with E-state index in [4.69, 9.17) is 38.4 Å². The number of methoxy groups -OCH3 is 2. The van der Waals surface area contributed by atoms with Crippen LogP contribution in [0.2, 0.25) is 10.0 Å². The van der Waals surface area contributed by atoms with Crippen molar-refractivity contribution >= 4 is 23.2 Å². The van der Waals surface area contributed by atoms with E-state index in [0.29, 0.717) is 27.1 Å². The van der Waals surface area contributed by atoms with Crippen molar-refractivity contribution in [3.8, 4) is 11.5 Å². The molecule has 2 N–H and O–H groups in total. The zero-order valence-electron chi connectivity index (χ0n) is 11.5. The molecule has 0 bridgehead atoms. The molecule has 0 aromatic heterocycles. The maximum Gasteiger partial charge on any atom is 0.138 e. The van der Waals surface area contributed by atoms with Gasteiger partial charge in [-0.1, -0.05) is 29.3 Å². The molecule has 0 heterocycles. The van der Waals surface area contributed by atoms with Crippen LogP contribution in [0.5, 0.6) is 11.5 Å². The Kier molecular flexibility index (Phi) is 4.93. The fourth-order valence-corrected chi connectivity index (χ4v) is 2.61. The summed E-state index contributed by atoms with van der Waals surface area (Å²) in [5.41, 5.74) is 6.87. The Balaban J connectivity index is 2.55. The first-order chi connectivity index (χ1) is 9.99. The minimum Gasteiger partial charge on any atom is -0.496 e. The van der Waals surface area contributed by atoms with Crippen molar-refractivity contribution in [2.45, 2.75) is 6.04 Å². The smallest absolute Gasteiger partial charge is 0.138 e. The highest BCUT2D eigenvalue weighted by molar-refractivity contribution is 6.34. The molecule has 2 rings (SSSR count). The summed E-state index contributed by atoms with van der Waals surface area (Å²) in [7, 11) is 2.94. The molecule has 0 aliphatic heterocycles. The van der Waals surface area contributed by atoms with Crippen LogP contribution in [0.3, 0.4) is 0 Å². The van der Waals surface area contributed by atoms with Crippen LogP contribution in [0.4, 0.5) is 4.39 Å². The summed E-state index contributed by atoms with van der Waals surface area (Å²) in [6.07, 6.45) is 0. The minimum atomic E-state index is -0.808. The minimum absolute atomic E-state index is 0.225. The third kappa shape index (κ3) is 3.07. The molecule has 3 nitrogen and oxygen atoms in total. The van der Waals surface area contributed by atoms with Gasteiger partial charge in [-0.05, 0) is 23.8 Å². The summed E-state index contributed by atoms with van der Waals surface area (Å²) in [6, 6.07) is 6.81. The number of halogens is 3. The number of ether oxygens (including phenoxy) is 2. The molecule has 2 aromatic carbocycles. The molecule has 0 saturated carbocycles. The van der Waals surface area contributed by atoms with Crippen molar-refractivity contribution in [3.05, 3.63) is 57.3 Å². The number of rotatable bonds is 4. The molecule has 0 saturated heterocycles. The van der Waals surface area contributed by atoms with Gasteiger partial charge in [0.05, 0.1) is 30.8 Å². The van der Waals surface area contributed by atoms with Crippen molar-refractivity contribution in [1.82, 2.24) is 0 Å². The fourth-order valence-electron chi connectivity index (χ4n) is 2.09. The van der Waals surface area contributed by atoms with E-state index in [1.54, 1.807) is 24.3 Å². The first-order valence-corrected chi connectivity index (χ1v) is 6.86. The Labute approximate surface area is 132 Å². The largest absolute Gasteiger partial charge is 0.496 e. The van der Waals surface area contributed by atoms with Gasteiger partial charge in [0.25, 0.3) is 0 Å². The summed E-state index contributed by atoms with van der Waals surface area (Å²) in [5, 5.41) is 0.691. The van der Waals surface area contributed by atoms with Gasteiger partial charge in [-0.25, -0.2) is 4.39 Å². The molecule has 0 radical (unpaired) electrons. The molecule has 112 valence electrons. The molecule has 0 amide bonds. The Morgan fingerprint density at radius 2 is 1.71 bits per heavy atom. The summed E-state index contributed by atoms with van der Waals surface area (Å²) in [6.45, 7) is 0. The Hall–Kier alpha value is -1.49. The molecule has 6 heteroatoms. The van der Waals surface area contributed by atoms with Crippen LogP contribution < -0.4 is 15.2 Å². The van der Waals surface area contributed by atoms with Crippen LogP contribution in [-0.2, 0) is 0 Å². The average Bonchev–Trinajstić information content (AvgIpc) is 2.48. The fraction of sp³-hybridized carbons (Fsp3) is 0.200. The Morgan fingerprint density at radius 3 is 2.33 bits per heavy atom. The standard InChI is InChI=1S/C15H14Cl2FNO2/c1-20-12-5-3-4-11(18)14(12)15(19)8-6-10(17)13(21-2)7-9(8)16/h3-7,15H,19H2,1-2H3. The van der Waals surface area contributed by atoms with E-state index < -0.39 is 11.9 Å². The lowest BCUT2D eigenvalue weighted by molar-refractivity contribution is 0.402. The molecule has 1 unspecified atom stereocenters. The third-order valence-electron chi connectivity index (χ3n) is 3.15. The van der Waals surface area contributed by atoms with Gasteiger partial charge in [0.1, 0.15) is 17.3 Å². The zero-order valence-corrected chi connectivity index (χ0v) is 13.0. The molecule has 0 fully saturated rings. The van der Waals surface area contributed by atoms with Gasteiger partial charge in [0.2, 0.25) is 0 Å². The second kappa shape index (κ2) is 6.52. The van der Waals surface area contributed by atoms with Gasteiger partial charge < -0.3 is 15.2 Å². The van der Waals surface area contributed by atoms with E-state index in [1.807, 2.05) is 0 Å². The van der Waals surface area contributed by atoms with Crippen LogP contribution in [0, 0.1) is 5.82 Å². The average molecular weight is 330 g/mol. The molecule has 1 atom stereocenters. The number of hydrogen-bond acceptors (Lipinski definition) is 3. The molecular formula is C15H14Cl2FNO2. The maximum atomic E-state index is 14.1. The number of nitrogens with two attached hydrogens (primary N) is 1. The highest BCUT2D eigenvalue weighted by atomic mass is 35.5. The van der Waals surface area contributed by atoms with Crippen LogP contribution in [0.15, 0.2) is 30.3 Å². The first-order valence-electron chi connectivity index (χ1n) is 6.10.